The van der Waals surface area contributed by atoms with Crippen molar-refractivity contribution in [3.63, 3.8) is 0 Å². The van der Waals surface area contributed by atoms with Crippen molar-refractivity contribution in [3.05, 3.63) is 58.7 Å². The Morgan fingerprint density at radius 2 is 1.75 bits per heavy atom. The maximum Gasteiger partial charge on any atom is 0.221 e. The summed E-state index contributed by atoms with van der Waals surface area (Å²) in [6.07, 6.45) is 5.29. The second kappa shape index (κ2) is 9.13. The fraction of sp³-hybridized carbons (Fsp3) is 0.458. The Hall–Kier alpha value is -2.49. The number of nitrogens with one attached hydrogen (secondary N) is 1. The molecule has 1 amide bonds. The number of rotatable bonds is 7. The molecule has 0 saturated heterocycles. The molecule has 2 aromatic rings. The average Bonchev–Trinajstić information content (AvgIpc) is 2.72. The molecule has 4 nitrogen and oxygen atoms in total. The Kier molecular flexibility index (Phi) is 6.61. The van der Waals surface area contributed by atoms with E-state index in [1.807, 2.05) is 25.1 Å². The van der Waals surface area contributed by atoms with Gasteiger partial charge in [0.05, 0.1) is 20.3 Å². The summed E-state index contributed by atoms with van der Waals surface area (Å²) >= 11 is 0. The number of carbonyl (C=O) groups excluding carboxylic acids is 1. The first-order valence-electron chi connectivity index (χ1n) is 10.1. The van der Waals surface area contributed by atoms with E-state index in [0.717, 1.165) is 23.5 Å². The molecular formula is C24H31NO3. The lowest BCUT2D eigenvalue weighted by atomic mass is 9.89. The monoisotopic (exact) mass is 381 g/mol. The zero-order valence-corrected chi connectivity index (χ0v) is 17.4. The Balaban J connectivity index is 1.63. The second-order valence-electron chi connectivity index (χ2n) is 7.74. The minimum Gasteiger partial charge on any atom is -0.497 e. The quantitative estimate of drug-likeness (QED) is 0.738. The van der Waals surface area contributed by atoms with Gasteiger partial charge in [-0.25, -0.2) is 0 Å². The van der Waals surface area contributed by atoms with E-state index in [1.165, 1.54) is 36.0 Å². The lowest BCUT2D eigenvalue weighted by molar-refractivity contribution is -0.122. The highest BCUT2D eigenvalue weighted by Crippen LogP contribution is 2.32. The first-order chi connectivity index (χ1) is 13.5. The largest absolute Gasteiger partial charge is 0.497 e. The normalized spacial score (nSPS) is 15.3. The maximum atomic E-state index is 12.6. The molecule has 2 aromatic carbocycles. The van der Waals surface area contributed by atoms with E-state index in [0.29, 0.717) is 6.42 Å². The molecule has 0 aromatic heterocycles. The summed E-state index contributed by atoms with van der Waals surface area (Å²) in [6, 6.07) is 12.4. The van der Waals surface area contributed by atoms with Crippen molar-refractivity contribution in [3.8, 4) is 11.5 Å². The van der Waals surface area contributed by atoms with Crippen LogP contribution in [-0.2, 0) is 17.6 Å². The minimum absolute atomic E-state index is 0.00434. The number of amides is 1. The predicted octanol–water partition coefficient (Wildman–Crippen LogP) is 4.95. The van der Waals surface area contributed by atoms with Crippen molar-refractivity contribution in [2.75, 3.05) is 14.2 Å². The van der Waals surface area contributed by atoms with Crippen molar-refractivity contribution in [1.29, 1.82) is 0 Å². The summed E-state index contributed by atoms with van der Waals surface area (Å²) < 4.78 is 10.7. The van der Waals surface area contributed by atoms with Crippen molar-refractivity contribution < 1.29 is 14.3 Å². The van der Waals surface area contributed by atoms with Gasteiger partial charge in [0, 0.05) is 12.5 Å². The van der Waals surface area contributed by atoms with Crippen LogP contribution in [0.1, 0.15) is 67.3 Å². The average molecular weight is 382 g/mol. The van der Waals surface area contributed by atoms with Gasteiger partial charge in [0.15, 0.2) is 0 Å². The van der Waals surface area contributed by atoms with Crippen LogP contribution in [0, 0.1) is 0 Å². The molecule has 4 heteroatoms. The number of methoxy groups -OCH3 is 2. The molecule has 0 heterocycles. The Morgan fingerprint density at radius 1 is 1.00 bits per heavy atom. The van der Waals surface area contributed by atoms with Gasteiger partial charge in [-0.2, -0.15) is 0 Å². The van der Waals surface area contributed by atoms with Gasteiger partial charge in [-0.3, -0.25) is 4.79 Å². The predicted molar refractivity (Wildman–Crippen MR) is 112 cm³/mol. The van der Waals surface area contributed by atoms with Crippen LogP contribution in [0.25, 0.3) is 0 Å². The third kappa shape index (κ3) is 4.67. The topological polar surface area (TPSA) is 47.6 Å². The summed E-state index contributed by atoms with van der Waals surface area (Å²) in [5.41, 5.74) is 5.11. The number of fused-ring (bicyclic) bond motifs is 1. The number of ether oxygens (including phenoxy) is 2. The van der Waals surface area contributed by atoms with Gasteiger partial charge >= 0.3 is 0 Å². The van der Waals surface area contributed by atoms with Gasteiger partial charge in [0.1, 0.15) is 11.5 Å². The highest BCUT2D eigenvalue weighted by Gasteiger charge is 2.19. The van der Waals surface area contributed by atoms with Gasteiger partial charge in [0.2, 0.25) is 5.91 Å². The van der Waals surface area contributed by atoms with Gasteiger partial charge in [-0.05, 0) is 66.8 Å². The number of carbonyl (C=O) groups is 1. The molecule has 0 saturated carbocycles. The van der Waals surface area contributed by atoms with Gasteiger partial charge < -0.3 is 14.8 Å². The van der Waals surface area contributed by atoms with Crippen molar-refractivity contribution in [2.45, 2.75) is 57.9 Å². The Labute approximate surface area is 168 Å². The lowest BCUT2D eigenvalue weighted by Gasteiger charge is -2.21. The summed E-state index contributed by atoms with van der Waals surface area (Å²) in [5.74, 6) is 1.60. The number of aryl methyl sites for hydroxylation is 2. The van der Waals surface area contributed by atoms with E-state index >= 15 is 0 Å². The van der Waals surface area contributed by atoms with Crippen LogP contribution in [0.3, 0.4) is 0 Å². The molecule has 2 atom stereocenters. The molecule has 1 N–H and O–H groups in total. The first kappa shape index (κ1) is 20.2. The number of hydrogen-bond acceptors (Lipinski definition) is 3. The van der Waals surface area contributed by atoms with E-state index in [9.17, 15) is 4.79 Å². The first-order valence-corrected chi connectivity index (χ1v) is 10.1. The molecule has 150 valence electrons. The van der Waals surface area contributed by atoms with Gasteiger partial charge in [-0.15, -0.1) is 0 Å². The summed E-state index contributed by atoms with van der Waals surface area (Å²) in [6.45, 7) is 4.11. The molecule has 2 unspecified atom stereocenters. The van der Waals surface area contributed by atoms with Crippen LogP contribution in [0.4, 0.5) is 0 Å². The summed E-state index contributed by atoms with van der Waals surface area (Å²) in [5, 5.41) is 3.16. The highest BCUT2D eigenvalue weighted by molar-refractivity contribution is 5.77. The lowest BCUT2D eigenvalue weighted by Crippen LogP contribution is -2.27. The molecule has 3 rings (SSSR count). The molecule has 0 fully saturated rings. The number of hydrogen-bond donors (Lipinski definition) is 1. The highest BCUT2D eigenvalue weighted by atomic mass is 16.5. The zero-order chi connectivity index (χ0) is 20.1. The fourth-order valence-electron chi connectivity index (χ4n) is 4.02. The van der Waals surface area contributed by atoms with Crippen LogP contribution in [0.15, 0.2) is 36.4 Å². The van der Waals surface area contributed by atoms with Crippen LogP contribution >= 0.6 is 0 Å². The zero-order valence-electron chi connectivity index (χ0n) is 17.4. The van der Waals surface area contributed by atoms with E-state index < -0.39 is 0 Å². The third-order valence-electron chi connectivity index (χ3n) is 5.71. The molecular weight excluding hydrogens is 350 g/mol. The fourth-order valence-corrected chi connectivity index (χ4v) is 4.02. The van der Waals surface area contributed by atoms with Crippen LogP contribution < -0.4 is 14.8 Å². The molecule has 0 spiro atoms. The van der Waals surface area contributed by atoms with E-state index in [4.69, 9.17) is 9.47 Å². The third-order valence-corrected chi connectivity index (χ3v) is 5.71. The molecule has 28 heavy (non-hydrogen) atoms. The second-order valence-corrected chi connectivity index (χ2v) is 7.74. The van der Waals surface area contributed by atoms with Crippen LogP contribution in [-0.4, -0.2) is 20.1 Å². The number of benzene rings is 2. The van der Waals surface area contributed by atoms with E-state index in [2.05, 4.69) is 30.4 Å². The van der Waals surface area contributed by atoms with Crippen molar-refractivity contribution in [2.24, 2.45) is 0 Å². The van der Waals surface area contributed by atoms with Crippen molar-refractivity contribution >= 4 is 5.91 Å². The molecule has 0 bridgehead atoms. The summed E-state index contributed by atoms with van der Waals surface area (Å²) in [4.78, 5) is 12.6. The standard InChI is InChI=1S/C24H31NO3/c1-16(22-12-11-21(27-3)15-23(22)28-4)13-24(26)25-17(2)19-10-9-18-7-5-6-8-20(18)14-19/h9-12,14-17H,5-8,13H2,1-4H3,(H,25,26). The molecule has 0 radical (unpaired) electrons. The van der Waals surface area contributed by atoms with Crippen LogP contribution in [0.2, 0.25) is 0 Å². The van der Waals surface area contributed by atoms with Crippen LogP contribution in [0.5, 0.6) is 11.5 Å². The SMILES string of the molecule is COc1ccc(C(C)CC(=O)NC(C)c2ccc3c(c2)CCCC3)c(OC)c1. The Morgan fingerprint density at radius 3 is 2.46 bits per heavy atom. The summed E-state index contributed by atoms with van der Waals surface area (Å²) in [7, 11) is 3.27. The van der Waals surface area contributed by atoms with Gasteiger partial charge in [-0.1, -0.05) is 31.2 Å². The van der Waals surface area contributed by atoms with E-state index in [1.54, 1.807) is 14.2 Å². The van der Waals surface area contributed by atoms with Gasteiger partial charge in [0.25, 0.3) is 0 Å². The maximum absolute atomic E-state index is 12.6. The minimum atomic E-state index is 0.00434. The smallest absolute Gasteiger partial charge is 0.221 e. The molecule has 0 aliphatic heterocycles. The Bertz CT molecular complexity index is 831. The molecule has 1 aliphatic rings. The molecule has 1 aliphatic carbocycles. The van der Waals surface area contributed by atoms with E-state index in [-0.39, 0.29) is 17.9 Å². The van der Waals surface area contributed by atoms with Crippen molar-refractivity contribution in [1.82, 2.24) is 5.32 Å².